The van der Waals surface area contributed by atoms with Crippen LogP contribution in [0.2, 0.25) is 0 Å². The first-order chi connectivity index (χ1) is 9.88. The highest BCUT2D eigenvalue weighted by Crippen LogP contribution is 2.29. The smallest absolute Gasteiger partial charge is 0.0111 e. The second-order valence-electron chi connectivity index (χ2n) is 4.74. The molecule has 0 heterocycles. The number of hydrogen-bond acceptors (Lipinski definition) is 0. The molecule has 3 rings (SSSR count). The summed E-state index contributed by atoms with van der Waals surface area (Å²) >= 11 is 0. The summed E-state index contributed by atoms with van der Waals surface area (Å²) in [7, 11) is 0. The highest BCUT2D eigenvalue weighted by molar-refractivity contribution is 5.79. The summed E-state index contributed by atoms with van der Waals surface area (Å²) in [4.78, 5) is 0. The third kappa shape index (κ3) is 2.41. The summed E-state index contributed by atoms with van der Waals surface area (Å²) < 4.78 is 0. The van der Waals surface area contributed by atoms with Gasteiger partial charge in [-0.15, -0.1) is 0 Å². The van der Waals surface area contributed by atoms with Crippen LogP contribution in [0.4, 0.5) is 0 Å². The zero-order valence-corrected chi connectivity index (χ0v) is 11.3. The van der Waals surface area contributed by atoms with Crippen LogP contribution in [0.3, 0.4) is 0 Å². The van der Waals surface area contributed by atoms with Crippen molar-refractivity contribution in [2.75, 3.05) is 0 Å². The van der Waals surface area contributed by atoms with Gasteiger partial charge in [-0.05, 0) is 33.9 Å². The number of hydrogen-bond donors (Lipinski definition) is 0. The van der Waals surface area contributed by atoms with Gasteiger partial charge < -0.3 is 0 Å². The van der Waals surface area contributed by atoms with Crippen LogP contribution in [0.1, 0.15) is 5.56 Å². The van der Waals surface area contributed by atoms with E-state index in [1.54, 1.807) is 0 Å². The van der Waals surface area contributed by atoms with Gasteiger partial charge >= 0.3 is 0 Å². The monoisotopic (exact) mass is 256 g/mol. The van der Waals surface area contributed by atoms with E-state index < -0.39 is 0 Å². The Morgan fingerprint density at radius 1 is 0.600 bits per heavy atom. The Morgan fingerprint density at radius 2 is 1.20 bits per heavy atom. The van der Waals surface area contributed by atoms with Gasteiger partial charge in [0.1, 0.15) is 0 Å². The lowest BCUT2D eigenvalue weighted by atomic mass is 9.95. The third-order valence-corrected chi connectivity index (χ3v) is 3.46. The van der Waals surface area contributed by atoms with Gasteiger partial charge in [-0.25, -0.2) is 0 Å². The molecule has 0 aliphatic carbocycles. The van der Waals surface area contributed by atoms with Crippen LogP contribution in [0, 0.1) is 0 Å². The van der Waals surface area contributed by atoms with Gasteiger partial charge in [-0.2, -0.15) is 0 Å². The van der Waals surface area contributed by atoms with Gasteiger partial charge in [0.2, 0.25) is 0 Å². The Kier molecular flexibility index (Phi) is 3.47. The van der Waals surface area contributed by atoms with Crippen LogP contribution in [0.15, 0.2) is 85.4 Å². The molecule has 0 aliphatic heterocycles. The molecule has 3 aromatic carbocycles. The minimum Gasteiger partial charge on any atom is -0.0984 e. The number of rotatable bonds is 3. The molecule has 0 amide bonds. The highest BCUT2D eigenvalue weighted by atomic mass is 14.1. The number of benzene rings is 3. The van der Waals surface area contributed by atoms with Gasteiger partial charge in [0.05, 0.1) is 0 Å². The fraction of sp³-hybridized carbons (Fsp3) is 0. The van der Waals surface area contributed by atoms with Crippen molar-refractivity contribution in [1.82, 2.24) is 0 Å². The van der Waals surface area contributed by atoms with Crippen molar-refractivity contribution < 1.29 is 0 Å². The molecule has 0 atom stereocenters. The van der Waals surface area contributed by atoms with E-state index in [9.17, 15) is 0 Å². The maximum atomic E-state index is 3.95. The molecule has 0 aliphatic rings. The summed E-state index contributed by atoms with van der Waals surface area (Å²) in [6.45, 7) is 3.95. The lowest BCUT2D eigenvalue weighted by Crippen LogP contribution is -1.85. The summed E-state index contributed by atoms with van der Waals surface area (Å²) in [6, 6.07) is 27.4. The molecule has 0 fully saturated rings. The molecule has 0 radical (unpaired) electrons. The van der Waals surface area contributed by atoms with E-state index in [0.29, 0.717) is 0 Å². The van der Waals surface area contributed by atoms with Crippen molar-refractivity contribution >= 4 is 6.08 Å². The van der Waals surface area contributed by atoms with E-state index in [4.69, 9.17) is 0 Å². The molecule has 0 heteroatoms. The summed E-state index contributed by atoms with van der Waals surface area (Å²) in [5, 5.41) is 0. The molecular weight excluding hydrogens is 240 g/mol. The fourth-order valence-corrected chi connectivity index (χ4v) is 2.42. The third-order valence-electron chi connectivity index (χ3n) is 3.46. The van der Waals surface area contributed by atoms with Crippen molar-refractivity contribution in [3.8, 4) is 22.3 Å². The quantitative estimate of drug-likeness (QED) is 0.567. The molecule has 0 saturated heterocycles. The lowest BCUT2D eigenvalue weighted by Gasteiger charge is -2.09. The largest absolute Gasteiger partial charge is 0.0984 e. The van der Waals surface area contributed by atoms with E-state index in [2.05, 4.69) is 73.3 Å². The molecular formula is C20H16. The molecule has 0 aromatic heterocycles. The molecule has 0 nitrogen and oxygen atoms in total. The summed E-state index contributed by atoms with van der Waals surface area (Å²) in [5.74, 6) is 0. The minimum absolute atomic E-state index is 1.16. The molecule has 0 spiro atoms. The van der Waals surface area contributed by atoms with E-state index in [1.165, 1.54) is 22.3 Å². The van der Waals surface area contributed by atoms with Crippen molar-refractivity contribution in [1.29, 1.82) is 0 Å². The molecule has 0 saturated carbocycles. The van der Waals surface area contributed by atoms with Gasteiger partial charge in [0.25, 0.3) is 0 Å². The zero-order chi connectivity index (χ0) is 13.8. The van der Waals surface area contributed by atoms with Crippen LogP contribution in [-0.2, 0) is 0 Å². The van der Waals surface area contributed by atoms with Crippen LogP contribution in [0.5, 0.6) is 0 Å². The predicted molar refractivity (Wildman–Crippen MR) is 87.4 cm³/mol. The molecule has 0 N–H and O–H groups in total. The maximum absolute atomic E-state index is 3.95. The topological polar surface area (TPSA) is 0 Å². The lowest BCUT2D eigenvalue weighted by molar-refractivity contribution is 1.57. The van der Waals surface area contributed by atoms with Crippen molar-refractivity contribution in [2.45, 2.75) is 0 Å². The van der Waals surface area contributed by atoms with Crippen LogP contribution < -0.4 is 0 Å². The fourth-order valence-electron chi connectivity index (χ4n) is 2.42. The second kappa shape index (κ2) is 5.58. The zero-order valence-electron chi connectivity index (χ0n) is 11.3. The Labute approximate surface area is 120 Å². The molecule has 96 valence electrons. The minimum atomic E-state index is 1.16. The van der Waals surface area contributed by atoms with Crippen molar-refractivity contribution in [2.24, 2.45) is 0 Å². The molecule has 3 aromatic rings. The van der Waals surface area contributed by atoms with Crippen LogP contribution in [-0.4, -0.2) is 0 Å². The molecule has 0 bridgehead atoms. The van der Waals surface area contributed by atoms with Crippen LogP contribution in [0.25, 0.3) is 28.3 Å². The molecule has 0 unspecified atom stereocenters. The van der Waals surface area contributed by atoms with Crippen molar-refractivity contribution in [3.05, 3.63) is 91.0 Å². The normalized spacial score (nSPS) is 10.2. The Bertz CT molecular complexity index is 710. The second-order valence-corrected chi connectivity index (χ2v) is 4.74. The van der Waals surface area contributed by atoms with Gasteiger partial charge in [0.15, 0.2) is 0 Å². The first-order valence-electron chi connectivity index (χ1n) is 6.76. The predicted octanol–water partition coefficient (Wildman–Crippen LogP) is 5.66. The first-order valence-corrected chi connectivity index (χ1v) is 6.76. The van der Waals surface area contributed by atoms with E-state index >= 15 is 0 Å². The van der Waals surface area contributed by atoms with Gasteiger partial charge in [-0.3, -0.25) is 0 Å². The van der Waals surface area contributed by atoms with E-state index in [-0.39, 0.29) is 0 Å². The molecule has 20 heavy (non-hydrogen) atoms. The highest BCUT2D eigenvalue weighted by Gasteiger charge is 2.04. The summed E-state index contributed by atoms with van der Waals surface area (Å²) in [6.07, 6.45) is 1.93. The SMILES string of the molecule is C=Cc1cc(-c2ccccc2)ccc1-c1ccccc1. The van der Waals surface area contributed by atoms with Gasteiger partial charge in [0, 0.05) is 0 Å². The average Bonchev–Trinajstić information content (AvgIpc) is 2.56. The Balaban J connectivity index is 2.10. The Morgan fingerprint density at radius 3 is 1.80 bits per heavy atom. The Hall–Kier alpha value is -2.60. The van der Waals surface area contributed by atoms with E-state index in [1.807, 2.05) is 18.2 Å². The average molecular weight is 256 g/mol. The van der Waals surface area contributed by atoms with Crippen LogP contribution >= 0.6 is 0 Å². The van der Waals surface area contributed by atoms with Crippen molar-refractivity contribution in [3.63, 3.8) is 0 Å². The van der Waals surface area contributed by atoms with Gasteiger partial charge in [-0.1, -0.05) is 85.5 Å². The summed E-state index contributed by atoms with van der Waals surface area (Å²) in [5.41, 5.74) is 6.07. The maximum Gasteiger partial charge on any atom is -0.0111 e. The van der Waals surface area contributed by atoms with E-state index in [0.717, 1.165) is 5.56 Å². The standard InChI is InChI=1S/C20H16/c1-2-16-15-19(17-9-5-3-6-10-17)13-14-20(16)18-11-7-4-8-12-18/h2-15H,1H2. The first kappa shape index (κ1) is 12.4.